The summed E-state index contributed by atoms with van der Waals surface area (Å²) >= 11 is 2.31. The molecule has 2 atom stereocenters. The van der Waals surface area contributed by atoms with Crippen molar-refractivity contribution < 1.29 is 14.7 Å². The van der Waals surface area contributed by atoms with Gasteiger partial charge in [-0.15, -0.1) is 10.2 Å². The lowest BCUT2D eigenvalue weighted by Gasteiger charge is -2.13. The van der Waals surface area contributed by atoms with Crippen molar-refractivity contribution in [1.82, 2.24) is 10.2 Å². The minimum atomic E-state index is -0.898. The molecule has 1 saturated carbocycles. The Bertz CT molecular complexity index is 478. The van der Waals surface area contributed by atoms with Gasteiger partial charge in [0.2, 0.25) is 11.0 Å². The number of hydrogen-bond acceptors (Lipinski definition) is 6. The summed E-state index contributed by atoms with van der Waals surface area (Å²) in [5.41, 5.74) is 0. The number of carboxylic acid groups (broad SMARTS) is 1. The van der Waals surface area contributed by atoms with E-state index in [1.807, 2.05) is 0 Å². The Kier molecular flexibility index (Phi) is 4.76. The molecule has 0 radical (unpaired) electrons. The number of aromatic nitrogens is 2. The lowest BCUT2D eigenvalue weighted by molar-refractivity contribution is -0.133. The molecule has 0 aliphatic heterocycles. The number of thioether (sulfide) groups is 1. The van der Waals surface area contributed by atoms with Crippen LogP contribution in [0.1, 0.15) is 26.2 Å². The largest absolute Gasteiger partial charge is 0.481 e. The van der Waals surface area contributed by atoms with Crippen LogP contribution in [0.4, 0.5) is 5.13 Å². The maximum absolute atomic E-state index is 12.0. The Morgan fingerprint density at radius 2 is 2.26 bits per heavy atom. The number of carbonyl (C=O) groups is 2. The fourth-order valence-electron chi connectivity index (χ4n) is 2.18. The van der Waals surface area contributed by atoms with Gasteiger partial charge in [0.25, 0.3) is 0 Å². The molecule has 104 valence electrons. The lowest BCUT2D eigenvalue weighted by Crippen LogP contribution is -2.24. The van der Waals surface area contributed by atoms with Gasteiger partial charge in [0.1, 0.15) is 0 Å². The number of nitrogens with one attached hydrogen (secondary N) is 1. The summed E-state index contributed by atoms with van der Waals surface area (Å²) in [7, 11) is 0. The number of nitrogens with zero attached hydrogens (tertiary/aromatic N) is 2. The van der Waals surface area contributed by atoms with Crippen molar-refractivity contribution in [3.63, 3.8) is 0 Å². The molecule has 2 N–H and O–H groups in total. The number of amides is 1. The van der Waals surface area contributed by atoms with Crippen LogP contribution >= 0.6 is 23.1 Å². The number of anilines is 1. The van der Waals surface area contributed by atoms with Gasteiger partial charge in [0.15, 0.2) is 4.34 Å². The van der Waals surface area contributed by atoms with Gasteiger partial charge in [-0.3, -0.25) is 9.59 Å². The normalized spacial score (nSPS) is 22.4. The predicted molar refractivity (Wildman–Crippen MR) is 73.4 cm³/mol. The first-order valence-electron chi connectivity index (χ1n) is 6.05. The van der Waals surface area contributed by atoms with Crippen LogP contribution < -0.4 is 5.32 Å². The standard InChI is InChI=1S/C11H15N3O3S2/c1-6-3-2-4-7(6)9(17)12-10-13-14-11(19-10)18-5-8(15)16/h6-7H,2-5H2,1H3,(H,15,16)(H,12,13,17). The molecule has 0 aromatic carbocycles. The molecule has 1 aliphatic carbocycles. The van der Waals surface area contributed by atoms with E-state index >= 15 is 0 Å². The highest BCUT2D eigenvalue weighted by Crippen LogP contribution is 2.33. The molecule has 2 rings (SSSR count). The number of carboxylic acids is 1. The fraction of sp³-hybridized carbons (Fsp3) is 0.636. The number of carbonyl (C=O) groups excluding carboxylic acids is 1. The molecular weight excluding hydrogens is 286 g/mol. The summed E-state index contributed by atoms with van der Waals surface area (Å²) in [6.45, 7) is 2.09. The van der Waals surface area contributed by atoms with E-state index in [2.05, 4.69) is 22.4 Å². The number of rotatable bonds is 5. The minimum Gasteiger partial charge on any atom is -0.481 e. The zero-order valence-corrected chi connectivity index (χ0v) is 12.1. The van der Waals surface area contributed by atoms with Crippen molar-refractivity contribution in [2.24, 2.45) is 11.8 Å². The number of hydrogen-bond donors (Lipinski definition) is 2. The molecule has 1 heterocycles. The molecule has 1 aliphatic rings. The summed E-state index contributed by atoms with van der Waals surface area (Å²) in [5.74, 6) is -0.489. The summed E-state index contributed by atoms with van der Waals surface area (Å²) in [5, 5.41) is 19.5. The van der Waals surface area contributed by atoms with Gasteiger partial charge in [-0.1, -0.05) is 36.4 Å². The molecular formula is C11H15N3O3S2. The highest BCUT2D eigenvalue weighted by atomic mass is 32.2. The summed E-state index contributed by atoms with van der Waals surface area (Å²) in [6.07, 6.45) is 3.11. The number of aliphatic carboxylic acids is 1. The Hall–Kier alpha value is -1.15. The first-order valence-corrected chi connectivity index (χ1v) is 7.85. The summed E-state index contributed by atoms with van der Waals surface area (Å²) in [6, 6.07) is 0. The van der Waals surface area contributed by atoms with Crippen molar-refractivity contribution in [3.8, 4) is 0 Å². The van der Waals surface area contributed by atoms with Crippen LogP contribution in [0.15, 0.2) is 4.34 Å². The minimum absolute atomic E-state index is 0.00376. The van der Waals surface area contributed by atoms with Gasteiger partial charge in [-0.2, -0.15) is 0 Å². The van der Waals surface area contributed by atoms with Crippen LogP contribution in [0.25, 0.3) is 0 Å². The molecule has 1 fully saturated rings. The van der Waals surface area contributed by atoms with Crippen LogP contribution in [-0.2, 0) is 9.59 Å². The monoisotopic (exact) mass is 301 g/mol. The third-order valence-corrected chi connectivity index (χ3v) is 5.11. The SMILES string of the molecule is CC1CCCC1C(=O)Nc1nnc(SCC(=O)O)s1. The highest BCUT2D eigenvalue weighted by Gasteiger charge is 2.30. The van der Waals surface area contributed by atoms with E-state index < -0.39 is 5.97 Å². The van der Waals surface area contributed by atoms with Crippen molar-refractivity contribution in [3.05, 3.63) is 0 Å². The first-order chi connectivity index (χ1) is 9.06. The molecule has 6 nitrogen and oxygen atoms in total. The maximum Gasteiger partial charge on any atom is 0.313 e. The maximum atomic E-state index is 12.0. The van der Waals surface area contributed by atoms with E-state index in [1.54, 1.807) is 0 Å². The van der Waals surface area contributed by atoms with E-state index in [9.17, 15) is 9.59 Å². The van der Waals surface area contributed by atoms with E-state index in [4.69, 9.17) is 5.11 Å². The van der Waals surface area contributed by atoms with Gasteiger partial charge in [0, 0.05) is 5.92 Å². The Balaban J connectivity index is 1.88. The fourth-order valence-corrected chi connectivity index (χ4v) is 3.65. The van der Waals surface area contributed by atoms with Crippen molar-refractivity contribution in [2.45, 2.75) is 30.5 Å². The third kappa shape index (κ3) is 3.90. The van der Waals surface area contributed by atoms with Gasteiger partial charge in [-0.25, -0.2) is 0 Å². The van der Waals surface area contributed by atoms with Crippen LogP contribution in [0.5, 0.6) is 0 Å². The Labute approximate surface area is 119 Å². The van der Waals surface area contributed by atoms with E-state index in [-0.39, 0.29) is 17.6 Å². The zero-order valence-electron chi connectivity index (χ0n) is 10.5. The molecule has 8 heteroatoms. The summed E-state index contributed by atoms with van der Waals surface area (Å²) < 4.78 is 0.553. The van der Waals surface area contributed by atoms with E-state index in [0.717, 1.165) is 31.0 Å². The zero-order chi connectivity index (χ0) is 13.8. The molecule has 1 aromatic heterocycles. The van der Waals surface area contributed by atoms with Gasteiger partial charge in [0.05, 0.1) is 5.75 Å². The van der Waals surface area contributed by atoms with Gasteiger partial charge < -0.3 is 10.4 Å². The van der Waals surface area contributed by atoms with Gasteiger partial charge >= 0.3 is 5.97 Å². The highest BCUT2D eigenvalue weighted by molar-refractivity contribution is 8.01. The quantitative estimate of drug-likeness (QED) is 0.639. The molecule has 1 amide bonds. The smallest absolute Gasteiger partial charge is 0.313 e. The Morgan fingerprint density at radius 1 is 1.47 bits per heavy atom. The average Bonchev–Trinajstić information content (AvgIpc) is 2.95. The van der Waals surface area contributed by atoms with Crippen molar-refractivity contribution in [1.29, 1.82) is 0 Å². The predicted octanol–water partition coefficient (Wildman–Crippen LogP) is 2.09. The second-order valence-electron chi connectivity index (χ2n) is 4.56. The molecule has 2 unspecified atom stereocenters. The molecule has 0 bridgehead atoms. The van der Waals surface area contributed by atoms with Crippen LogP contribution in [-0.4, -0.2) is 32.9 Å². The van der Waals surface area contributed by atoms with Crippen LogP contribution in [0, 0.1) is 11.8 Å². The van der Waals surface area contributed by atoms with Crippen LogP contribution in [0.3, 0.4) is 0 Å². The molecule has 1 aromatic rings. The molecule has 0 spiro atoms. The van der Waals surface area contributed by atoms with Crippen molar-refractivity contribution in [2.75, 3.05) is 11.1 Å². The second-order valence-corrected chi connectivity index (χ2v) is 6.76. The van der Waals surface area contributed by atoms with E-state index in [1.165, 1.54) is 11.3 Å². The first kappa shape index (κ1) is 14.3. The lowest BCUT2D eigenvalue weighted by atomic mass is 9.97. The summed E-state index contributed by atoms with van der Waals surface area (Å²) in [4.78, 5) is 22.5. The second kappa shape index (κ2) is 6.33. The Morgan fingerprint density at radius 3 is 2.89 bits per heavy atom. The van der Waals surface area contributed by atoms with Gasteiger partial charge in [-0.05, 0) is 18.8 Å². The average molecular weight is 301 g/mol. The van der Waals surface area contributed by atoms with Crippen molar-refractivity contribution >= 4 is 40.1 Å². The molecule has 19 heavy (non-hydrogen) atoms. The topological polar surface area (TPSA) is 92.2 Å². The van der Waals surface area contributed by atoms with Crippen LogP contribution in [0.2, 0.25) is 0 Å². The molecule has 0 saturated heterocycles. The third-order valence-electron chi connectivity index (χ3n) is 3.15. The van der Waals surface area contributed by atoms with E-state index in [0.29, 0.717) is 15.4 Å².